The molecule has 66 valence electrons. The zero-order valence-corrected chi connectivity index (χ0v) is 7.02. The predicted octanol–water partition coefficient (Wildman–Crippen LogP) is 0.719. The van der Waals surface area contributed by atoms with Crippen LogP contribution in [0.1, 0.15) is 13.2 Å². The normalized spacial score (nSPS) is 12.8. The maximum absolute atomic E-state index is 10.8. The topological polar surface area (TPSA) is 51.5 Å². The van der Waals surface area contributed by atoms with E-state index < -0.39 is 0 Å². The van der Waals surface area contributed by atoms with Crippen molar-refractivity contribution < 1.29 is 9.84 Å². The Bertz CT molecular complexity index is 318. The van der Waals surface area contributed by atoms with E-state index in [1.54, 1.807) is 17.9 Å². The second kappa shape index (κ2) is 3.40. The van der Waals surface area contributed by atoms with Gasteiger partial charge in [-0.2, -0.15) is 0 Å². The van der Waals surface area contributed by atoms with Gasteiger partial charge in [0.1, 0.15) is 6.23 Å². The van der Waals surface area contributed by atoms with Crippen LogP contribution in [0.15, 0.2) is 23.3 Å². The number of methoxy groups -OCH3 is 1. The first kappa shape index (κ1) is 8.80. The van der Waals surface area contributed by atoms with Crippen molar-refractivity contribution in [1.29, 1.82) is 0 Å². The molecule has 0 saturated heterocycles. The highest BCUT2D eigenvalue weighted by molar-refractivity contribution is 5.15. The fraction of sp³-hybridized carbons (Fsp3) is 0.375. The fourth-order valence-corrected chi connectivity index (χ4v) is 0.835. The molecule has 0 bridgehead atoms. The third-order valence-corrected chi connectivity index (χ3v) is 1.68. The van der Waals surface area contributed by atoms with Crippen molar-refractivity contribution in [2.75, 3.05) is 7.11 Å². The number of aromatic hydroxyl groups is 1. The molecule has 12 heavy (non-hydrogen) atoms. The van der Waals surface area contributed by atoms with Crippen LogP contribution in [0.2, 0.25) is 0 Å². The van der Waals surface area contributed by atoms with Crippen LogP contribution in [0.3, 0.4) is 0 Å². The summed E-state index contributed by atoms with van der Waals surface area (Å²) in [4.78, 5) is 10.8. The van der Waals surface area contributed by atoms with Crippen LogP contribution in [-0.2, 0) is 4.74 Å². The van der Waals surface area contributed by atoms with E-state index in [9.17, 15) is 4.79 Å². The first-order chi connectivity index (χ1) is 5.65. The smallest absolute Gasteiger partial charge is 0.223 e. The van der Waals surface area contributed by atoms with Crippen molar-refractivity contribution in [3.8, 4) is 5.75 Å². The highest BCUT2D eigenvalue weighted by atomic mass is 16.5. The van der Waals surface area contributed by atoms with Crippen molar-refractivity contribution >= 4 is 0 Å². The average Bonchev–Trinajstić information content (AvgIpc) is 2.08. The van der Waals surface area contributed by atoms with Gasteiger partial charge in [0.15, 0.2) is 5.75 Å². The number of pyridine rings is 1. The second-order valence-corrected chi connectivity index (χ2v) is 2.48. The number of ether oxygens (including phenoxy) is 1. The molecule has 1 N–H and O–H groups in total. The molecule has 0 saturated carbocycles. The molecule has 0 aliphatic rings. The molecule has 0 fully saturated rings. The minimum atomic E-state index is -0.380. The average molecular weight is 169 g/mol. The number of hydrogen-bond donors (Lipinski definition) is 1. The molecule has 0 radical (unpaired) electrons. The molecular weight excluding hydrogens is 158 g/mol. The van der Waals surface area contributed by atoms with Gasteiger partial charge in [0, 0.05) is 19.4 Å². The van der Waals surface area contributed by atoms with Crippen molar-refractivity contribution in [2.24, 2.45) is 0 Å². The lowest BCUT2D eigenvalue weighted by Crippen LogP contribution is -2.10. The van der Waals surface area contributed by atoms with E-state index in [4.69, 9.17) is 9.84 Å². The summed E-state index contributed by atoms with van der Waals surface area (Å²) in [5, 5.41) is 9.06. The molecular formula is C8H11NO3. The Morgan fingerprint density at radius 2 is 2.33 bits per heavy atom. The summed E-state index contributed by atoms with van der Waals surface area (Å²) in [7, 11) is 1.56. The van der Waals surface area contributed by atoms with Gasteiger partial charge < -0.3 is 14.4 Å². The summed E-state index contributed by atoms with van der Waals surface area (Å²) in [6, 6.07) is 1.30. The summed E-state index contributed by atoms with van der Waals surface area (Å²) >= 11 is 0. The molecule has 0 spiro atoms. The monoisotopic (exact) mass is 169 g/mol. The van der Waals surface area contributed by atoms with Gasteiger partial charge in [-0.1, -0.05) is 0 Å². The standard InChI is InChI=1S/C8H11NO3/c1-6(12-2)9-4-3-7(10)8(11)5-9/h3-6,11H,1-2H3. The second-order valence-electron chi connectivity index (χ2n) is 2.48. The lowest BCUT2D eigenvalue weighted by atomic mass is 10.4. The molecule has 0 aliphatic heterocycles. The van der Waals surface area contributed by atoms with Crippen molar-refractivity contribution in [1.82, 2.24) is 4.57 Å². The van der Waals surface area contributed by atoms with Gasteiger partial charge in [0.25, 0.3) is 0 Å². The largest absolute Gasteiger partial charge is 0.503 e. The summed E-state index contributed by atoms with van der Waals surface area (Å²) in [5.74, 6) is -0.263. The third kappa shape index (κ3) is 1.65. The minimum Gasteiger partial charge on any atom is -0.503 e. The van der Waals surface area contributed by atoms with E-state index in [1.165, 1.54) is 12.3 Å². The molecule has 0 aromatic carbocycles. The van der Waals surface area contributed by atoms with Gasteiger partial charge in [-0.15, -0.1) is 0 Å². The van der Waals surface area contributed by atoms with Crippen molar-refractivity contribution in [3.05, 3.63) is 28.7 Å². The van der Waals surface area contributed by atoms with Gasteiger partial charge in [-0.05, 0) is 6.92 Å². The Labute approximate surface area is 70.0 Å². The van der Waals surface area contributed by atoms with Gasteiger partial charge in [0.2, 0.25) is 5.43 Å². The molecule has 1 aromatic heterocycles. The molecule has 4 nitrogen and oxygen atoms in total. The molecule has 1 aromatic rings. The summed E-state index contributed by atoms with van der Waals surface area (Å²) < 4.78 is 6.59. The van der Waals surface area contributed by atoms with Gasteiger partial charge in [-0.25, -0.2) is 0 Å². The zero-order valence-electron chi connectivity index (χ0n) is 7.02. The molecule has 1 rings (SSSR count). The van der Waals surface area contributed by atoms with Crippen LogP contribution in [0.4, 0.5) is 0 Å². The maximum atomic E-state index is 10.8. The Balaban J connectivity index is 3.04. The van der Waals surface area contributed by atoms with Crippen LogP contribution in [0.25, 0.3) is 0 Å². The molecule has 1 heterocycles. The van der Waals surface area contributed by atoms with Gasteiger partial charge in [0.05, 0.1) is 6.20 Å². The van der Waals surface area contributed by atoms with E-state index in [0.29, 0.717) is 0 Å². The van der Waals surface area contributed by atoms with Crippen LogP contribution >= 0.6 is 0 Å². The highest BCUT2D eigenvalue weighted by Gasteiger charge is 2.02. The molecule has 1 atom stereocenters. The van der Waals surface area contributed by atoms with Crippen LogP contribution < -0.4 is 5.43 Å². The minimum absolute atomic E-state index is 0.184. The quantitative estimate of drug-likeness (QED) is 0.709. The number of aromatic nitrogens is 1. The van der Waals surface area contributed by atoms with E-state index >= 15 is 0 Å². The van der Waals surface area contributed by atoms with Gasteiger partial charge >= 0.3 is 0 Å². The van der Waals surface area contributed by atoms with Crippen LogP contribution in [0, 0.1) is 0 Å². The van der Waals surface area contributed by atoms with Crippen molar-refractivity contribution in [3.63, 3.8) is 0 Å². The zero-order chi connectivity index (χ0) is 9.14. The predicted molar refractivity (Wildman–Crippen MR) is 44.1 cm³/mol. The fourth-order valence-electron chi connectivity index (χ4n) is 0.835. The van der Waals surface area contributed by atoms with E-state index in [2.05, 4.69) is 0 Å². The molecule has 4 heteroatoms. The maximum Gasteiger partial charge on any atom is 0.223 e. The van der Waals surface area contributed by atoms with E-state index in [-0.39, 0.29) is 17.4 Å². The highest BCUT2D eigenvalue weighted by Crippen LogP contribution is 2.07. The lowest BCUT2D eigenvalue weighted by molar-refractivity contribution is 0.0594. The van der Waals surface area contributed by atoms with Crippen LogP contribution in [0.5, 0.6) is 5.75 Å². The Morgan fingerprint density at radius 1 is 1.67 bits per heavy atom. The Kier molecular flexibility index (Phi) is 2.50. The first-order valence-corrected chi connectivity index (χ1v) is 3.58. The Morgan fingerprint density at radius 3 is 2.83 bits per heavy atom. The molecule has 0 amide bonds. The summed E-state index contributed by atoms with van der Waals surface area (Å²) in [6.45, 7) is 1.81. The van der Waals surface area contributed by atoms with Gasteiger partial charge in [-0.3, -0.25) is 4.79 Å². The number of nitrogens with zero attached hydrogens (tertiary/aromatic N) is 1. The first-order valence-electron chi connectivity index (χ1n) is 3.58. The van der Waals surface area contributed by atoms with E-state index in [1.807, 2.05) is 6.92 Å². The van der Waals surface area contributed by atoms with Crippen LogP contribution in [-0.4, -0.2) is 16.8 Å². The van der Waals surface area contributed by atoms with E-state index in [0.717, 1.165) is 0 Å². The van der Waals surface area contributed by atoms with Crippen molar-refractivity contribution in [2.45, 2.75) is 13.2 Å². The third-order valence-electron chi connectivity index (χ3n) is 1.68. The molecule has 0 aliphatic carbocycles. The summed E-state index contributed by atoms with van der Waals surface area (Å²) in [5.41, 5.74) is -0.380. The lowest BCUT2D eigenvalue weighted by Gasteiger charge is -2.13. The SMILES string of the molecule is COC(C)n1ccc(=O)c(O)c1. The molecule has 1 unspecified atom stereocenters. The summed E-state index contributed by atoms with van der Waals surface area (Å²) in [6.07, 6.45) is 2.73. The Hall–Kier alpha value is -1.29. The number of hydrogen-bond acceptors (Lipinski definition) is 3. The number of rotatable bonds is 2.